The van der Waals surface area contributed by atoms with Crippen LogP contribution in [0.25, 0.3) is 0 Å². The summed E-state index contributed by atoms with van der Waals surface area (Å²) in [5.74, 6) is 0.859. The standard InChI is InChI=1S/C22H24N2O2S/c1-15-12-18(24-9-7-20-17(14-24)8-11-27-20)13-16(2)22(15)23-21(25)6-5-19-4-3-10-26-19/h3-4,8,10-13H,5-7,9,14H2,1-2H3,(H,23,25). The molecule has 1 aliphatic rings. The van der Waals surface area contributed by atoms with Gasteiger partial charge in [-0.15, -0.1) is 11.3 Å². The lowest BCUT2D eigenvalue weighted by atomic mass is 10.0. The number of aryl methyl sites for hydroxylation is 3. The van der Waals surface area contributed by atoms with Crippen molar-refractivity contribution in [2.75, 3.05) is 16.8 Å². The number of thiophene rings is 1. The first-order chi connectivity index (χ1) is 13.1. The second kappa shape index (κ2) is 7.61. The first kappa shape index (κ1) is 17.9. The van der Waals surface area contributed by atoms with Gasteiger partial charge in [0.15, 0.2) is 0 Å². The van der Waals surface area contributed by atoms with E-state index in [1.54, 1.807) is 6.26 Å². The number of anilines is 2. The highest BCUT2D eigenvalue weighted by Crippen LogP contribution is 2.32. The summed E-state index contributed by atoms with van der Waals surface area (Å²) in [6, 6.07) is 10.4. The minimum Gasteiger partial charge on any atom is -0.469 e. The van der Waals surface area contributed by atoms with E-state index >= 15 is 0 Å². The molecule has 3 aromatic rings. The SMILES string of the molecule is Cc1cc(N2CCc3sccc3C2)cc(C)c1NC(=O)CCc1ccco1. The Morgan fingerprint density at radius 3 is 2.81 bits per heavy atom. The fraction of sp³-hybridized carbons (Fsp3) is 0.318. The van der Waals surface area contributed by atoms with Gasteiger partial charge in [0.05, 0.1) is 6.26 Å². The van der Waals surface area contributed by atoms with Crippen LogP contribution in [0.3, 0.4) is 0 Å². The molecule has 0 unspecified atom stereocenters. The summed E-state index contributed by atoms with van der Waals surface area (Å²) in [6.07, 6.45) is 3.78. The molecule has 2 aromatic heterocycles. The molecule has 5 heteroatoms. The molecular weight excluding hydrogens is 356 g/mol. The maximum Gasteiger partial charge on any atom is 0.224 e. The molecule has 0 saturated carbocycles. The van der Waals surface area contributed by atoms with Gasteiger partial charge in [0.1, 0.15) is 5.76 Å². The van der Waals surface area contributed by atoms with Crippen molar-refractivity contribution in [1.29, 1.82) is 0 Å². The fourth-order valence-electron chi connectivity index (χ4n) is 3.68. The van der Waals surface area contributed by atoms with E-state index < -0.39 is 0 Å². The maximum absolute atomic E-state index is 12.3. The second-order valence-corrected chi connectivity index (χ2v) is 8.12. The first-order valence-electron chi connectivity index (χ1n) is 9.34. The van der Waals surface area contributed by atoms with Crippen LogP contribution >= 0.6 is 11.3 Å². The Morgan fingerprint density at radius 2 is 2.07 bits per heavy atom. The minimum atomic E-state index is 0.0197. The monoisotopic (exact) mass is 380 g/mol. The quantitative estimate of drug-likeness (QED) is 0.670. The largest absolute Gasteiger partial charge is 0.469 e. The van der Waals surface area contributed by atoms with Crippen molar-refractivity contribution in [1.82, 2.24) is 0 Å². The lowest BCUT2D eigenvalue weighted by molar-refractivity contribution is -0.116. The number of nitrogens with zero attached hydrogens (tertiary/aromatic N) is 1. The van der Waals surface area contributed by atoms with E-state index in [2.05, 4.69) is 47.6 Å². The van der Waals surface area contributed by atoms with E-state index in [4.69, 9.17) is 4.42 Å². The molecule has 0 spiro atoms. The van der Waals surface area contributed by atoms with Gasteiger partial charge in [-0.25, -0.2) is 0 Å². The molecule has 1 N–H and O–H groups in total. The van der Waals surface area contributed by atoms with Crippen LogP contribution < -0.4 is 10.2 Å². The van der Waals surface area contributed by atoms with Crippen LogP contribution in [0.5, 0.6) is 0 Å². The Bertz CT molecular complexity index is 920. The predicted molar refractivity (Wildman–Crippen MR) is 111 cm³/mol. The zero-order valence-corrected chi connectivity index (χ0v) is 16.6. The van der Waals surface area contributed by atoms with E-state index in [0.29, 0.717) is 12.8 Å². The lowest BCUT2D eigenvalue weighted by Gasteiger charge is -2.30. The summed E-state index contributed by atoms with van der Waals surface area (Å²) < 4.78 is 5.30. The third kappa shape index (κ3) is 3.93. The molecule has 27 heavy (non-hydrogen) atoms. The molecule has 0 fully saturated rings. The van der Waals surface area contributed by atoms with Crippen molar-refractivity contribution in [3.05, 3.63) is 69.3 Å². The third-order valence-electron chi connectivity index (χ3n) is 5.13. The van der Waals surface area contributed by atoms with E-state index in [-0.39, 0.29) is 5.91 Å². The molecule has 4 rings (SSSR count). The van der Waals surface area contributed by atoms with Crippen molar-refractivity contribution in [3.8, 4) is 0 Å². The number of nitrogens with one attached hydrogen (secondary N) is 1. The summed E-state index contributed by atoms with van der Waals surface area (Å²) in [5, 5.41) is 5.27. The molecule has 0 bridgehead atoms. The lowest BCUT2D eigenvalue weighted by Crippen LogP contribution is -2.29. The highest BCUT2D eigenvalue weighted by Gasteiger charge is 2.19. The number of hydrogen-bond donors (Lipinski definition) is 1. The molecule has 3 heterocycles. The van der Waals surface area contributed by atoms with Gasteiger partial charge in [0.25, 0.3) is 0 Å². The number of carbonyl (C=O) groups excluding carboxylic acids is 1. The van der Waals surface area contributed by atoms with E-state index in [0.717, 1.165) is 42.1 Å². The predicted octanol–water partition coefficient (Wildman–Crippen LogP) is 5.09. The van der Waals surface area contributed by atoms with Gasteiger partial charge in [0, 0.05) is 42.2 Å². The fourth-order valence-corrected chi connectivity index (χ4v) is 4.57. The number of benzene rings is 1. The third-order valence-corrected chi connectivity index (χ3v) is 6.16. The average molecular weight is 381 g/mol. The molecular formula is C22H24N2O2S. The zero-order valence-electron chi connectivity index (χ0n) is 15.7. The van der Waals surface area contributed by atoms with Crippen LogP contribution in [-0.4, -0.2) is 12.5 Å². The van der Waals surface area contributed by atoms with Gasteiger partial charge in [0.2, 0.25) is 5.91 Å². The van der Waals surface area contributed by atoms with Crippen molar-refractivity contribution in [3.63, 3.8) is 0 Å². The summed E-state index contributed by atoms with van der Waals surface area (Å²) in [5.41, 5.74) is 5.81. The van der Waals surface area contributed by atoms with Gasteiger partial charge < -0.3 is 14.6 Å². The number of carbonyl (C=O) groups is 1. The summed E-state index contributed by atoms with van der Waals surface area (Å²) in [7, 11) is 0. The van der Waals surface area contributed by atoms with Gasteiger partial charge >= 0.3 is 0 Å². The first-order valence-corrected chi connectivity index (χ1v) is 10.2. The summed E-state index contributed by atoms with van der Waals surface area (Å²) >= 11 is 1.86. The minimum absolute atomic E-state index is 0.0197. The highest BCUT2D eigenvalue weighted by atomic mass is 32.1. The van der Waals surface area contributed by atoms with Crippen molar-refractivity contribution < 1.29 is 9.21 Å². The van der Waals surface area contributed by atoms with Crippen LogP contribution in [0.15, 0.2) is 46.4 Å². The molecule has 0 radical (unpaired) electrons. The average Bonchev–Trinajstić information content (AvgIpc) is 3.33. The Labute approximate surface area is 163 Å². The number of hydrogen-bond acceptors (Lipinski definition) is 4. The smallest absolute Gasteiger partial charge is 0.224 e. The van der Waals surface area contributed by atoms with Gasteiger partial charge in [-0.3, -0.25) is 4.79 Å². The van der Waals surface area contributed by atoms with Crippen LogP contribution in [0.1, 0.15) is 33.7 Å². The Kier molecular flexibility index (Phi) is 5.03. The number of amides is 1. The molecule has 0 saturated heterocycles. The number of rotatable bonds is 5. The van der Waals surface area contributed by atoms with Crippen molar-refractivity contribution in [2.24, 2.45) is 0 Å². The van der Waals surface area contributed by atoms with Crippen molar-refractivity contribution in [2.45, 2.75) is 39.7 Å². The van der Waals surface area contributed by atoms with Crippen LogP contribution in [0.2, 0.25) is 0 Å². The number of fused-ring (bicyclic) bond motifs is 1. The molecule has 1 aromatic carbocycles. The van der Waals surface area contributed by atoms with E-state index in [1.807, 2.05) is 23.5 Å². The summed E-state index contributed by atoms with van der Waals surface area (Å²) in [4.78, 5) is 16.3. The van der Waals surface area contributed by atoms with E-state index in [1.165, 1.54) is 16.1 Å². The van der Waals surface area contributed by atoms with Gasteiger partial charge in [-0.05, 0) is 72.7 Å². The van der Waals surface area contributed by atoms with Crippen LogP contribution in [0, 0.1) is 13.8 Å². The van der Waals surface area contributed by atoms with Gasteiger partial charge in [-0.1, -0.05) is 0 Å². The van der Waals surface area contributed by atoms with Crippen molar-refractivity contribution >= 4 is 28.6 Å². The zero-order chi connectivity index (χ0) is 18.8. The molecule has 140 valence electrons. The topological polar surface area (TPSA) is 45.5 Å². The molecule has 4 nitrogen and oxygen atoms in total. The van der Waals surface area contributed by atoms with Crippen LogP contribution in [-0.2, 0) is 24.2 Å². The summed E-state index contributed by atoms with van der Waals surface area (Å²) in [6.45, 7) is 6.14. The Balaban J connectivity index is 1.45. The second-order valence-electron chi connectivity index (χ2n) is 7.12. The molecule has 1 aliphatic heterocycles. The van der Waals surface area contributed by atoms with Crippen LogP contribution in [0.4, 0.5) is 11.4 Å². The van der Waals surface area contributed by atoms with Gasteiger partial charge in [-0.2, -0.15) is 0 Å². The molecule has 0 aliphatic carbocycles. The van der Waals surface area contributed by atoms with E-state index in [9.17, 15) is 4.79 Å². The molecule has 1 amide bonds. The normalized spacial score (nSPS) is 13.5. The maximum atomic E-state index is 12.3. The highest BCUT2D eigenvalue weighted by molar-refractivity contribution is 7.10. The number of furan rings is 1. The molecule has 0 atom stereocenters. The Morgan fingerprint density at radius 1 is 1.26 bits per heavy atom. The Hall–Kier alpha value is -2.53.